The molecule has 0 saturated heterocycles. The summed E-state index contributed by atoms with van der Waals surface area (Å²) in [5.41, 5.74) is 2.97. The smallest absolute Gasteiger partial charge is 0.228 e. The van der Waals surface area contributed by atoms with Crippen LogP contribution in [0.1, 0.15) is 16.7 Å². The topological polar surface area (TPSA) is 62.2 Å². The lowest BCUT2D eigenvalue weighted by molar-refractivity contribution is -0.115. The van der Waals surface area contributed by atoms with E-state index in [0.717, 1.165) is 11.1 Å². The number of amides is 1. The van der Waals surface area contributed by atoms with Crippen LogP contribution in [0, 0.1) is 13.8 Å². The number of hydrogen-bond acceptors (Lipinski definition) is 3. The van der Waals surface area contributed by atoms with Gasteiger partial charge >= 0.3 is 0 Å². The number of anilines is 1. The van der Waals surface area contributed by atoms with Gasteiger partial charge in [0.15, 0.2) is 0 Å². The van der Waals surface area contributed by atoms with Crippen LogP contribution in [0.3, 0.4) is 0 Å². The lowest BCUT2D eigenvalue weighted by atomic mass is 10.1. The van der Waals surface area contributed by atoms with Crippen LogP contribution in [0.4, 0.5) is 5.69 Å². The highest BCUT2D eigenvalue weighted by Crippen LogP contribution is 2.28. The summed E-state index contributed by atoms with van der Waals surface area (Å²) >= 11 is 0. The first kappa shape index (κ1) is 13.1. The van der Waals surface area contributed by atoms with Crippen molar-refractivity contribution in [3.8, 4) is 5.75 Å². The number of nitrogens with zero attached hydrogens (tertiary/aromatic N) is 1. The van der Waals surface area contributed by atoms with Crippen molar-refractivity contribution >= 4 is 11.6 Å². The lowest BCUT2D eigenvalue weighted by Gasteiger charge is -2.11. The van der Waals surface area contributed by atoms with Crippen LogP contribution in [0.15, 0.2) is 36.7 Å². The van der Waals surface area contributed by atoms with Gasteiger partial charge in [-0.15, -0.1) is 0 Å². The molecule has 0 aliphatic carbocycles. The van der Waals surface area contributed by atoms with Crippen LogP contribution < -0.4 is 5.32 Å². The first-order valence-corrected chi connectivity index (χ1v) is 6.06. The van der Waals surface area contributed by atoms with Crippen LogP contribution in [0.25, 0.3) is 0 Å². The molecule has 1 aromatic heterocycles. The highest BCUT2D eigenvalue weighted by molar-refractivity contribution is 5.93. The maximum absolute atomic E-state index is 11.9. The highest BCUT2D eigenvalue weighted by atomic mass is 16.3. The fourth-order valence-corrected chi connectivity index (χ4v) is 1.85. The summed E-state index contributed by atoms with van der Waals surface area (Å²) in [6.45, 7) is 3.60. The van der Waals surface area contributed by atoms with E-state index in [1.807, 2.05) is 13.0 Å². The average molecular weight is 256 g/mol. The van der Waals surface area contributed by atoms with Gasteiger partial charge in [-0.1, -0.05) is 12.1 Å². The molecule has 0 aliphatic heterocycles. The second-order valence-corrected chi connectivity index (χ2v) is 4.49. The number of aromatic hydroxyl groups is 1. The van der Waals surface area contributed by atoms with Crippen molar-refractivity contribution in [2.24, 2.45) is 0 Å². The molecule has 0 radical (unpaired) electrons. The van der Waals surface area contributed by atoms with Crippen LogP contribution in [-0.4, -0.2) is 16.0 Å². The minimum absolute atomic E-state index is 0.126. The zero-order valence-corrected chi connectivity index (χ0v) is 11.0. The Bertz CT molecular complexity index is 595. The molecule has 19 heavy (non-hydrogen) atoms. The number of pyridine rings is 1. The number of aryl methyl sites for hydroxylation is 1. The van der Waals surface area contributed by atoms with E-state index < -0.39 is 0 Å². The van der Waals surface area contributed by atoms with Crippen molar-refractivity contribution in [2.45, 2.75) is 20.3 Å². The van der Waals surface area contributed by atoms with Gasteiger partial charge in [0.1, 0.15) is 5.75 Å². The second kappa shape index (κ2) is 5.52. The number of phenols is 1. The molecule has 4 nitrogen and oxygen atoms in total. The van der Waals surface area contributed by atoms with Crippen molar-refractivity contribution in [2.75, 3.05) is 5.32 Å². The molecule has 1 heterocycles. The Morgan fingerprint density at radius 1 is 1.32 bits per heavy atom. The van der Waals surface area contributed by atoms with E-state index in [1.165, 1.54) is 0 Å². The molecular weight excluding hydrogens is 240 g/mol. The number of benzene rings is 1. The standard InChI is InChI=1S/C15H16N2O2/c1-10-5-6-13(11(2)15(10)19)17-14(18)8-12-4-3-7-16-9-12/h3-7,9,19H,8H2,1-2H3,(H,17,18). The van der Waals surface area contributed by atoms with E-state index in [0.29, 0.717) is 11.3 Å². The predicted octanol–water partition coefficient (Wildman–Crippen LogP) is 2.59. The summed E-state index contributed by atoms with van der Waals surface area (Å²) in [4.78, 5) is 15.9. The van der Waals surface area contributed by atoms with Gasteiger partial charge in [0.05, 0.1) is 6.42 Å². The summed E-state index contributed by atoms with van der Waals surface area (Å²) < 4.78 is 0. The van der Waals surface area contributed by atoms with Crippen molar-refractivity contribution in [1.82, 2.24) is 4.98 Å². The lowest BCUT2D eigenvalue weighted by Crippen LogP contribution is -2.15. The van der Waals surface area contributed by atoms with Crippen molar-refractivity contribution < 1.29 is 9.90 Å². The number of hydrogen-bond donors (Lipinski definition) is 2. The predicted molar refractivity (Wildman–Crippen MR) is 74.2 cm³/mol. The SMILES string of the molecule is Cc1ccc(NC(=O)Cc2cccnc2)c(C)c1O. The zero-order valence-electron chi connectivity index (χ0n) is 11.0. The van der Waals surface area contributed by atoms with Gasteiger partial charge in [0.2, 0.25) is 5.91 Å². The molecule has 0 atom stereocenters. The van der Waals surface area contributed by atoms with Gasteiger partial charge in [-0.2, -0.15) is 0 Å². The minimum Gasteiger partial charge on any atom is -0.507 e. The monoisotopic (exact) mass is 256 g/mol. The third-order valence-electron chi connectivity index (χ3n) is 2.99. The fourth-order valence-electron chi connectivity index (χ4n) is 1.85. The molecule has 0 fully saturated rings. The van der Waals surface area contributed by atoms with E-state index in [1.54, 1.807) is 37.5 Å². The molecule has 2 rings (SSSR count). The van der Waals surface area contributed by atoms with Crippen LogP contribution in [0.5, 0.6) is 5.75 Å². The summed E-state index contributed by atoms with van der Waals surface area (Å²) in [7, 11) is 0. The third-order valence-corrected chi connectivity index (χ3v) is 2.99. The molecule has 0 bridgehead atoms. The van der Waals surface area contributed by atoms with Gasteiger partial charge in [-0.05, 0) is 37.1 Å². The van der Waals surface area contributed by atoms with Crippen LogP contribution >= 0.6 is 0 Å². The molecule has 2 aromatic rings. The largest absolute Gasteiger partial charge is 0.507 e. The summed E-state index contributed by atoms with van der Waals surface area (Å²) in [6, 6.07) is 7.23. The first-order chi connectivity index (χ1) is 9.08. The molecule has 0 spiro atoms. The van der Waals surface area contributed by atoms with Crippen LogP contribution in [0.2, 0.25) is 0 Å². The van der Waals surface area contributed by atoms with E-state index in [2.05, 4.69) is 10.3 Å². The first-order valence-electron chi connectivity index (χ1n) is 6.06. The Morgan fingerprint density at radius 2 is 2.11 bits per heavy atom. The molecule has 1 aromatic carbocycles. The zero-order chi connectivity index (χ0) is 13.8. The third kappa shape index (κ3) is 3.10. The normalized spacial score (nSPS) is 10.2. The number of nitrogens with one attached hydrogen (secondary N) is 1. The highest BCUT2D eigenvalue weighted by Gasteiger charge is 2.09. The molecule has 0 aliphatic rings. The summed E-state index contributed by atoms with van der Waals surface area (Å²) in [6.07, 6.45) is 3.60. The molecule has 2 N–H and O–H groups in total. The quantitative estimate of drug-likeness (QED) is 0.887. The number of carbonyl (C=O) groups is 1. The Morgan fingerprint density at radius 3 is 2.79 bits per heavy atom. The van der Waals surface area contributed by atoms with Gasteiger partial charge in [-0.25, -0.2) is 0 Å². The Hall–Kier alpha value is -2.36. The minimum atomic E-state index is -0.126. The summed E-state index contributed by atoms with van der Waals surface area (Å²) in [5.74, 6) is 0.0959. The van der Waals surface area contributed by atoms with E-state index in [9.17, 15) is 9.90 Å². The van der Waals surface area contributed by atoms with Crippen molar-refractivity contribution in [3.05, 3.63) is 53.3 Å². The number of aromatic nitrogens is 1. The molecular formula is C15H16N2O2. The van der Waals surface area contributed by atoms with Crippen LogP contribution in [-0.2, 0) is 11.2 Å². The Balaban J connectivity index is 2.10. The fraction of sp³-hybridized carbons (Fsp3) is 0.200. The number of carbonyl (C=O) groups excluding carboxylic acids is 1. The molecule has 98 valence electrons. The summed E-state index contributed by atoms with van der Waals surface area (Å²) in [5, 5.41) is 12.6. The number of phenolic OH excluding ortho intramolecular Hbond substituents is 1. The molecule has 1 amide bonds. The van der Waals surface area contributed by atoms with Crippen molar-refractivity contribution in [1.29, 1.82) is 0 Å². The molecule has 0 unspecified atom stereocenters. The van der Waals surface area contributed by atoms with E-state index in [-0.39, 0.29) is 18.1 Å². The maximum atomic E-state index is 11.9. The maximum Gasteiger partial charge on any atom is 0.228 e. The van der Waals surface area contributed by atoms with E-state index >= 15 is 0 Å². The van der Waals surface area contributed by atoms with Crippen molar-refractivity contribution in [3.63, 3.8) is 0 Å². The Labute approximate surface area is 112 Å². The Kier molecular flexibility index (Phi) is 3.80. The second-order valence-electron chi connectivity index (χ2n) is 4.49. The van der Waals surface area contributed by atoms with Gasteiger partial charge < -0.3 is 10.4 Å². The van der Waals surface area contributed by atoms with Gasteiger partial charge in [0.25, 0.3) is 0 Å². The van der Waals surface area contributed by atoms with Gasteiger partial charge in [0, 0.05) is 23.6 Å². The molecule has 0 saturated carbocycles. The van der Waals surface area contributed by atoms with E-state index in [4.69, 9.17) is 0 Å². The molecule has 4 heteroatoms. The number of rotatable bonds is 3. The van der Waals surface area contributed by atoms with Gasteiger partial charge in [-0.3, -0.25) is 9.78 Å². The average Bonchev–Trinajstić information content (AvgIpc) is 2.41.